The van der Waals surface area contributed by atoms with E-state index in [0.29, 0.717) is 6.54 Å². The molecule has 0 aliphatic carbocycles. The molecule has 0 saturated heterocycles. The van der Waals surface area contributed by atoms with Crippen LogP contribution in [0.2, 0.25) is 0 Å². The minimum Gasteiger partial charge on any atom is -0.376 e. The molecule has 1 aromatic carbocycles. The van der Waals surface area contributed by atoms with Crippen LogP contribution >= 0.6 is 11.3 Å². The molecule has 6 heteroatoms. The zero-order chi connectivity index (χ0) is 16.7. The smallest absolute Gasteiger partial charge is 0.321 e. The molecule has 0 bridgehead atoms. The number of carbonyl (C=O) groups is 2. The molecule has 0 spiro atoms. The van der Waals surface area contributed by atoms with E-state index < -0.39 is 6.03 Å². The van der Waals surface area contributed by atoms with Crippen molar-refractivity contribution in [1.29, 1.82) is 0 Å². The molecule has 2 aromatic rings. The summed E-state index contributed by atoms with van der Waals surface area (Å²) in [5.74, 6) is -0.362. The first-order chi connectivity index (χ1) is 11.1. The monoisotopic (exact) mass is 331 g/mol. The number of thiophene rings is 1. The quantitative estimate of drug-likeness (QED) is 0.762. The largest absolute Gasteiger partial charge is 0.376 e. The van der Waals surface area contributed by atoms with Crippen LogP contribution in [0.15, 0.2) is 35.7 Å². The van der Waals surface area contributed by atoms with Gasteiger partial charge in [0.25, 0.3) is 0 Å². The summed E-state index contributed by atoms with van der Waals surface area (Å²) >= 11 is 1.65. The van der Waals surface area contributed by atoms with Crippen LogP contribution in [0, 0.1) is 13.8 Å². The van der Waals surface area contributed by atoms with Gasteiger partial charge in [-0.2, -0.15) is 0 Å². The zero-order valence-corrected chi connectivity index (χ0v) is 14.1. The van der Waals surface area contributed by atoms with Gasteiger partial charge in [0.2, 0.25) is 5.91 Å². The fourth-order valence-electron chi connectivity index (χ4n) is 2.09. The Morgan fingerprint density at radius 1 is 1.13 bits per heavy atom. The highest BCUT2D eigenvalue weighted by atomic mass is 32.1. The highest BCUT2D eigenvalue weighted by molar-refractivity contribution is 7.09. The van der Waals surface area contributed by atoms with E-state index in [-0.39, 0.29) is 12.5 Å². The molecule has 0 aliphatic rings. The fourth-order valence-corrected chi connectivity index (χ4v) is 2.80. The Balaban J connectivity index is 1.69. The third-order valence-electron chi connectivity index (χ3n) is 3.53. The fraction of sp³-hybridized carbons (Fsp3) is 0.294. The third-order valence-corrected chi connectivity index (χ3v) is 4.47. The Hall–Kier alpha value is -2.34. The minimum absolute atomic E-state index is 0.0582. The summed E-state index contributed by atoms with van der Waals surface area (Å²) in [6, 6.07) is 9.39. The van der Waals surface area contributed by atoms with Gasteiger partial charge in [0, 0.05) is 17.1 Å². The number of aryl methyl sites for hydroxylation is 1. The average Bonchev–Trinajstić information content (AvgIpc) is 3.02. The van der Waals surface area contributed by atoms with Crippen molar-refractivity contribution in [2.75, 3.05) is 18.4 Å². The summed E-state index contributed by atoms with van der Waals surface area (Å²) in [4.78, 5) is 24.6. The van der Waals surface area contributed by atoms with Crippen molar-refractivity contribution in [1.82, 2.24) is 10.6 Å². The summed E-state index contributed by atoms with van der Waals surface area (Å²) < 4.78 is 0. The van der Waals surface area contributed by atoms with Crippen molar-refractivity contribution >= 4 is 29.0 Å². The van der Waals surface area contributed by atoms with Crippen molar-refractivity contribution in [3.05, 3.63) is 51.7 Å². The normalized spacial score (nSPS) is 10.2. The summed E-state index contributed by atoms with van der Waals surface area (Å²) in [5, 5.41) is 10.0. The number of hydrogen-bond donors (Lipinski definition) is 3. The molecule has 3 N–H and O–H groups in total. The van der Waals surface area contributed by atoms with Gasteiger partial charge < -0.3 is 10.6 Å². The lowest BCUT2D eigenvalue weighted by Crippen LogP contribution is -2.42. The van der Waals surface area contributed by atoms with Crippen LogP contribution in [0.25, 0.3) is 0 Å². The van der Waals surface area contributed by atoms with E-state index >= 15 is 0 Å². The number of benzene rings is 1. The molecule has 0 unspecified atom stereocenters. The van der Waals surface area contributed by atoms with E-state index in [0.717, 1.165) is 23.2 Å². The standard InChI is InChI=1S/C17H21N3O2S/c1-12-5-3-7-15(13(12)2)19-11-16(21)20-17(22)18-9-8-14-6-4-10-23-14/h3-7,10,19H,8-9,11H2,1-2H3,(H2,18,20,21,22). The summed E-state index contributed by atoms with van der Waals surface area (Å²) in [7, 11) is 0. The maximum atomic E-state index is 11.8. The SMILES string of the molecule is Cc1cccc(NCC(=O)NC(=O)NCCc2cccs2)c1C. The third kappa shape index (κ3) is 5.41. The van der Waals surface area contributed by atoms with Gasteiger partial charge in [-0.3, -0.25) is 10.1 Å². The van der Waals surface area contributed by atoms with Crippen molar-refractivity contribution in [3.8, 4) is 0 Å². The van der Waals surface area contributed by atoms with Gasteiger partial charge in [-0.25, -0.2) is 4.79 Å². The maximum absolute atomic E-state index is 11.8. The number of nitrogens with one attached hydrogen (secondary N) is 3. The lowest BCUT2D eigenvalue weighted by atomic mass is 10.1. The summed E-state index contributed by atoms with van der Waals surface area (Å²) in [5.41, 5.74) is 3.15. The van der Waals surface area contributed by atoms with Crippen LogP contribution in [0.5, 0.6) is 0 Å². The second kappa shape index (κ2) is 8.33. The first-order valence-electron chi connectivity index (χ1n) is 7.46. The van der Waals surface area contributed by atoms with Crippen molar-refractivity contribution in [2.24, 2.45) is 0 Å². The van der Waals surface area contributed by atoms with Gasteiger partial charge in [0.1, 0.15) is 0 Å². The number of rotatable bonds is 6. The summed E-state index contributed by atoms with van der Waals surface area (Å²) in [6.45, 7) is 4.57. The van der Waals surface area contributed by atoms with Gasteiger partial charge in [-0.1, -0.05) is 18.2 Å². The van der Waals surface area contributed by atoms with Crippen LogP contribution in [-0.4, -0.2) is 25.0 Å². The van der Waals surface area contributed by atoms with Crippen LogP contribution < -0.4 is 16.0 Å². The Morgan fingerprint density at radius 2 is 1.96 bits per heavy atom. The Morgan fingerprint density at radius 3 is 2.70 bits per heavy atom. The Kier molecular flexibility index (Phi) is 6.17. The van der Waals surface area contributed by atoms with Gasteiger partial charge in [-0.15, -0.1) is 11.3 Å². The van der Waals surface area contributed by atoms with Gasteiger partial charge in [0.05, 0.1) is 6.54 Å². The minimum atomic E-state index is -0.464. The molecular formula is C17H21N3O2S. The van der Waals surface area contributed by atoms with Gasteiger partial charge in [0.15, 0.2) is 0 Å². The molecule has 1 heterocycles. The molecule has 23 heavy (non-hydrogen) atoms. The molecule has 0 aliphatic heterocycles. The zero-order valence-electron chi connectivity index (χ0n) is 13.3. The maximum Gasteiger partial charge on any atom is 0.321 e. The molecule has 0 atom stereocenters. The average molecular weight is 331 g/mol. The lowest BCUT2D eigenvalue weighted by molar-refractivity contribution is -0.118. The number of amides is 3. The molecule has 0 radical (unpaired) electrons. The number of hydrogen-bond acceptors (Lipinski definition) is 4. The highest BCUT2D eigenvalue weighted by Gasteiger charge is 2.08. The molecule has 5 nitrogen and oxygen atoms in total. The molecule has 1 aromatic heterocycles. The predicted molar refractivity (Wildman–Crippen MR) is 94.0 cm³/mol. The molecule has 0 fully saturated rings. The Labute approximate surface area is 140 Å². The van der Waals surface area contributed by atoms with Crippen molar-refractivity contribution < 1.29 is 9.59 Å². The van der Waals surface area contributed by atoms with Crippen LogP contribution in [0.1, 0.15) is 16.0 Å². The van der Waals surface area contributed by atoms with Crippen molar-refractivity contribution in [3.63, 3.8) is 0 Å². The van der Waals surface area contributed by atoms with E-state index in [4.69, 9.17) is 0 Å². The topological polar surface area (TPSA) is 70.2 Å². The van der Waals surface area contributed by atoms with E-state index in [2.05, 4.69) is 16.0 Å². The van der Waals surface area contributed by atoms with Crippen LogP contribution in [0.4, 0.5) is 10.5 Å². The lowest BCUT2D eigenvalue weighted by Gasteiger charge is -2.11. The van der Waals surface area contributed by atoms with Crippen molar-refractivity contribution in [2.45, 2.75) is 20.3 Å². The molecule has 3 amide bonds. The van der Waals surface area contributed by atoms with E-state index in [1.807, 2.05) is 49.6 Å². The Bertz CT molecular complexity index is 668. The number of urea groups is 1. The first kappa shape index (κ1) is 17.0. The van der Waals surface area contributed by atoms with Gasteiger partial charge in [-0.05, 0) is 48.9 Å². The first-order valence-corrected chi connectivity index (χ1v) is 8.34. The molecular weight excluding hydrogens is 310 g/mol. The van der Waals surface area contributed by atoms with Gasteiger partial charge >= 0.3 is 6.03 Å². The van der Waals surface area contributed by atoms with Crippen LogP contribution in [-0.2, 0) is 11.2 Å². The molecule has 0 saturated carbocycles. The number of anilines is 1. The molecule has 122 valence electrons. The van der Waals surface area contributed by atoms with E-state index in [1.54, 1.807) is 11.3 Å². The number of imide groups is 1. The van der Waals surface area contributed by atoms with E-state index in [9.17, 15) is 9.59 Å². The number of carbonyl (C=O) groups excluding carboxylic acids is 2. The molecule has 2 rings (SSSR count). The second-order valence-electron chi connectivity index (χ2n) is 5.23. The van der Waals surface area contributed by atoms with Crippen LogP contribution in [0.3, 0.4) is 0 Å². The summed E-state index contributed by atoms with van der Waals surface area (Å²) in [6.07, 6.45) is 0.764. The predicted octanol–water partition coefficient (Wildman–Crippen LogP) is 2.85. The second-order valence-corrected chi connectivity index (χ2v) is 6.27. The van der Waals surface area contributed by atoms with E-state index in [1.165, 1.54) is 4.88 Å². The highest BCUT2D eigenvalue weighted by Crippen LogP contribution is 2.17.